The Bertz CT molecular complexity index is 1650. The third-order valence-corrected chi connectivity index (χ3v) is 9.79. The Hall–Kier alpha value is -5.24. The number of carbonyl (C=O) groups is 4. The van der Waals surface area contributed by atoms with Gasteiger partial charge in [-0.25, -0.2) is 0 Å². The van der Waals surface area contributed by atoms with E-state index in [0.717, 1.165) is 22.3 Å². The maximum absolute atomic E-state index is 13.9. The maximum Gasteiger partial charge on any atom is 0.254 e. The first-order valence-electron chi connectivity index (χ1n) is 20.2. The zero-order chi connectivity index (χ0) is 40.5. The van der Waals surface area contributed by atoms with Gasteiger partial charge in [0.1, 0.15) is 0 Å². The Kier molecular flexibility index (Phi) is 14.3. The molecule has 56 heavy (non-hydrogen) atoms. The third-order valence-electron chi connectivity index (χ3n) is 9.79. The predicted octanol–water partition coefficient (Wildman–Crippen LogP) is 9.19. The molecule has 7 aliphatic rings. The minimum absolute atomic E-state index is 0.0587. The lowest BCUT2D eigenvalue weighted by molar-refractivity contribution is 0.0710. The normalized spacial score (nSPS) is 15.1. The minimum atomic E-state index is -0.0587. The lowest BCUT2D eigenvalue weighted by Crippen LogP contribution is -2.35. The second-order valence-electron chi connectivity index (χ2n) is 17.1. The molecule has 7 aliphatic heterocycles. The average Bonchev–Trinajstić information content (AvgIpc) is 3.16. The van der Waals surface area contributed by atoms with E-state index in [0.29, 0.717) is 74.6 Å². The molecule has 0 aliphatic carbocycles. The summed E-state index contributed by atoms with van der Waals surface area (Å²) in [6.07, 6.45) is 0. The van der Waals surface area contributed by atoms with Crippen molar-refractivity contribution >= 4 is 23.6 Å². The molecule has 0 saturated heterocycles. The molecule has 7 heterocycles. The van der Waals surface area contributed by atoms with Crippen molar-refractivity contribution in [1.82, 2.24) is 19.6 Å². The van der Waals surface area contributed by atoms with Crippen molar-refractivity contribution in [1.29, 1.82) is 0 Å². The van der Waals surface area contributed by atoms with Gasteiger partial charge in [0.2, 0.25) is 0 Å². The standard InChI is InChI=1S/C48H60N4O4/c1-33(2)25-49-29-37-9-19-42(20-10-37)46(54)51(27-35(5)6)31-39-13-23-44(24-14-39)48(56)52(28-36(7)8)32-40-15-21-43(22-16-40)47(55)50(26-34(3)4)30-38-11-17-41(18-12-38)45(49)53/h9-24,33-36H,25-32H2,1-8H3. The van der Waals surface area contributed by atoms with Gasteiger partial charge >= 0.3 is 0 Å². The van der Waals surface area contributed by atoms with Crippen LogP contribution in [0.25, 0.3) is 0 Å². The summed E-state index contributed by atoms with van der Waals surface area (Å²) in [7, 11) is 0. The fourth-order valence-electron chi connectivity index (χ4n) is 7.26. The number of amides is 4. The van der Waals surface area contributed by atoms with E-state index in [-0.39, 0.29) is 47.3 Å². The highest BCUT2D eigenvalue weighted by Gasteiger charge is 2.23. The van der Waals surface area contributed by atoms with Crippen LogP contribution in [0.15, 0.2) is 97.1 Å². The van der Waals surface area contributed by atoms with Crippen LogP contribution >= 0.6 is 0 Å². The summed E-state index contributed by atoms with van der Waals surface area (Å²) in [4.78, 5) is 63.2. The summed E-state index contributed by atoms with van der Waals surface area (Å²) < 4.78 is 0. The molecule has 0 atom stereocenters. The SMILES string of the molecule is CC(C)CN1Cc2ccc(cc2)C(=O)N(CC(C)C)Cc2ccc(cc2)C(=O)N(CC(C)C)Cc2ccc(cc2)C(=O)N(CC(C)C)Cc2ccc(cc2)C1=O. The summed E-state index contributed by atoms with van der Waals surface area (Å²) in [5.74, 6) is 0.797. The molecular weight excluding hydrogens is 697 g/mol. The van der Waals surface area contributed by atoms with Gasteiger partial charge in [0.15, 0.2) is 0 Å². The van der Waals surface area contributed by atoms with E-state index < -0.39 is 0 Å². The molecule has 8 heteroatoms. The molecule has 0 unspecified atom stereocenters. The zero-order valence-corrected chi connectivity index (χ0v) is 34.6. The van der Waals surface area contributed by atoms with Crippen molar-refractivity contribution in [2.24, 2.45) is 23.7 Å². The van der Waals surface area contributed by atoms with Gasteiger partial charge in [-0.05, 0) is 94.5 Å². The number of hydrogen-bond donors (Lipinski definition) is 0. The first kappa shape index (κ1) is 41.9. The summed E-state index contributed by atoms with van der Waals surface area (Å²) in [6, 6.07) is 30.4. The smallest absolute Gasteiger partial charge is 0.254 e. The van der Waals surface area contributed by atoms with E-state index in [9.17, 15) is 19.2 Å². The number of rotatable bonds is 8. The zero-order valence-electron chi connectivity index (χ0n) is 34.6. The summed E-state index contributed by atoms with van der Waals surface area (Å²) in [5, 5.41) is 0. The van der Waals surface area contributed by atoms with Gasteiger partial charge in [-0.15, -0.1) is 0 Å². The molecule has 0 spiro atoms. The molecule has 11 rings (SSSR count). The molecule has 8 bridgehead atoms. The van der Waals surface area contributed by atoms with Crippen LogP contribution in [0.2, 0.25) is 0 Å². The van der Waals surface area contributed by atoms with Crippen LogP contribution in [-0.4, -0.2) is 69.4 Å². The molecule has 4 aromatic rings. The average molecular weight is 757 g/mol. The Morgan fingerprint density at radius 1 is 0.321 bits per heavy atom. The van der Waals surface area contributed by atoms with Gasteiger partial charge < -0.3 is 19.6 Å². The first-order chi connectivity index (χ1) is 26.7. The second kappa shape index (κ2) is 19.1. The lowest BCUT2D eigenvalue weighted by atomic mass is 10.0. The highest BCUT2D eigenvalue weighted by atomic mass is 16.2. The van der Waals surface area contributed by atoms with E-state index in [1.165, 1.54) is 0 Å². The Balaban J connectivity index is 1.52. The molecule has 4 aromatic carbocycles. The molecule has 0 fully saturated rings. The van der Waals surface area contributed by atoms with Crippen LogP contribution in [0.1, 0.15) is 119 Å². The summed E-state index contributed by atoms with van der Waals surface area (Å²) in [5.41, 5.74) is 6.14. The van der Waals surface area contributed by atoms with Crippen molar-refractivity contribution in [3.05, 3.63) is 142 Å². The molecule has 296 valence electrons. The molecule has 0 N–H and O–H groups in total. The van der Waals surface area contributed by atoms with E-state index >= 15 is 0 Å². The van der Waals surface area contributed by atoms with Gasteiger partial charge in [0.05, 0.1) is 0 Å². The highest BCUT2D eigenvalue weighted by molar-refractivity contribution is 5.96. The fourth-order valence-corrected chi connectivity index (χ4v) is 7.26. The Labute approximate surface area is 334 Å². The molecular formula is C48H60N4O4. The lowest BCUT2D eigenvalue weighted by Gasteiger charge is -2.27. The van der Waals surface area contributed by atoms with Crippen molar-refractivity contribution in [3.63, 3.8) is 0 Å². The van der Waals surface area contributed by atoms with E-state index in [4.69, 9.17) is 0 Å². The van der Waals surface area contributed by atoms with Crippen LogP contribution in [0.5, 0.6) is 0 Å². The van der Waals surface area contributed by atoms with E-state index in [1.807, 2.05) is 117 Å². The van der Waals surface area contributed by atoms with Gasteiger partial charge in [-0.3, -0.25) is 19.2 Å². The minimum Gasteiger partial charge on any atom is -0.334 e. The largest absolute Gasteiger partial charge is 0.334 e. The van der Waals surface area contributed by atoms with Crippen molar-refractivity contribution in [2.45, 2.75) is 81.6 Å². The van der Waals surface area contributed by atoms with E-state index in [1.54, 1.807) is 0 Å². The molecule has 8 nitrogen and oxygen atoms in total. The van der Waals surface area contributed by atoms with Crippen molar-refractivity contribution < 1.29 is 19.2 Å². The second-order valence-corrected chi connectivity index (χ2v) is 17.1. The van der Waals surface area contributed by atoms with Crippen molar-refractivity contribution in [2.75, 3.05) is 26.2 Å². The monoisotopic (exact) mass is 756 g/mol. The van der Waals surface area contributed by atoms with Crippen LogP contribution in [0, 0.1) is 23.7 Å². The van der Waals surface area contributed by atoms with Gasteiger partial charge in [-0.2, -0.15) is 0 Å². The molecule has 0 radical (unpaired) electrons. The quantitative estimate of drug-likeness (QED) is 0.180. The first-order valence-corrected chi connectivity index (χ1v) is 20.2. The van der Waals surface area contributed by atoms with Crippen LogP contribution in [-0.2, 0) is 26.2 Å². The molecule has 4 amide bonds. The Morgan fingerprint density at radius 2 is 0.482 bits per heavy atom. The van der Waals surface area contributed by atoms with Crippen LogP contribution in [0.3, 0.4) is 0 Å². The summed E-state index contributed by atoms with van der Waals surface area (Å²) >= 11 is 0. The Morgan fingerprint density at radius 3 is 0.625 bits per heavy atom. The third kappa shape index (κ3) is 11.4. The van der Waals surface area contributed by atoms with E-state index in [2.05, 4.69) is 55.4 Å². The number of benzene rings is 4. The van der Waals surface area contributed by atoms with Gasteiger partial charge in [0, 0.05) is 74.6 Å². The van der Waals surface area contributed by atoms with Gasteiger partial charge in [0.25, 0.3) is 23.6 Å². The molecule has 0 saturated carbocycles. The number of hydrogen-bond acceptors (Lipinski definition) is 4. The van der Waals surface area contributed by atoms with Crippen molar-refractivity contribution in [3.8, 4) is 0 Å². The fraction of sp³-hybridized carbons (Fsp3) is 0.417. The van der Waals surface area contributed by atoms with Crippen LogP contribution < -0.4 is 0 Å². The molecule has 0 aromatic heterocycles. The predicted molar refractivity (Wildman–Crippen MR) is 224 cm³/mol. The van der Waals surface area contributed by atoms with Crippen LogP contribution in [0.4, 0.5) is 0 Å². The maximum atomic E-state index is 13.9. The topological polar surface area (TPSA) is 81.2 Å². The highest BCUT2D eigenvalue weighted by Crippen LogP contribution is 2.21. The van der Waals surface area contributed by atoms with Gasteiger partial charge in [-0.1, -0.05) is 104 Å². The summed E-state index contributed by atoms with van der Waals surface area (Å²) in [6.45, 7) is 20.8. The number of nitrogens with zero attached hydrogens (tertiary/aromatic N) is 4. The number of carbonyl (C=O) groups excluding carboxylic acids is 4.